The standard InChI is InChI=1S/C22H24F3N5O3/c23-22(24,25)33-16-8-6-15(7-9-16)27-20(31)14-4-3-11-30(13-14)21(32)19-12-18(28-29-19)17-5-1-2-10-26-17/h1-2,5-10,14,18-19,28-29H,3-4,11-13H2,(H,27,31). The van der Waals surface area contributed by atoms with E-state index in [0.717, 1.165) is 17.8 Å². The maximum absolute atomic E-state index is 13.0. The fourth-order valence-corrected chi connectivity index (χ4v) is 4.09. The molecule has 3 N–H and O–H groups in total. The Morgan fingerprint density at radius 2 is 1.91 bits per heavy atom. The fraction of sp³-hybridized carbons (Fsp3) is 0.409. The van der Waals surface area contributed by atoms with Gasteiger partial charge < -0.3 is 15.0 Å². The first-order valence-electron chi connectivity index (χ1n) is 10.7. The highest BCUT2D eigenvalue weighted by Crippen LogP contribution is 2.26. The van der Waals surface area contributed by atoms with Gasteiger partial charge in [-0.15, -0.1) is 13.2 Å². The number of halogens is 3. The predicted molar refractivity (Wildman–Crippen MR) is 113 cm³/mol. The molecule has 0 radical (unpaired) electrons. The molecule has 176 valence electrons. The number of piperidine rings is 1. The van der Waals surface area contributed by atoms with Gasteiger partial charge in [0.15, 0.2) is 0 Å². The number of anilines is 1. The molecule has 33 heavy (non-hydrogen) atoms. The number of amides is 2. The van der Waals surface area contributed by atoms with E-state index in [1.54, 1.807) is 11.1 Å². The Morgan fingerprint density at radius 3 is 2.61 bits per heavy atom. The predicted octanol–water partition coefficient (Wildman–Crippen LogP) is 2.77. The second-order valence-corrected chi connectivity index (χ2v) is 8.07. The number of carbonyl (C=O) groups is 2. The Balaban J connectivity index is 1.31. The van der Waals surface area contributed by atoms with E-state index in [4.69, 9.17) is 0 Å². The number of rotatable bonds is 5. The van der Waals surface area contributed by atoms with E-state index in [0.29, 0.717) is 31.5 Å². The van der Waals surface area contributed by atoms with Gasteiger partial charge in [-0.25, -0.2) is 10.9 Å². The lowest BCUT2D eigenvalue weighted by molar-refractivity contribution is -0.274. The van der Waals surface area contributed by atoms with Crippen molar-refractivity contribution in [2.45, 2.75) is 37.7 Å². The molecule has 11 heteroatoms. The number of nitrogens with one attached hydrogen (secondary N) is 3. The van der Waals surface area contributed by atoms with Crippen LogP contribution >= 0.6 is 0 Å². The van der Waals surface area contributed by atoms with Crippen LogP contribution in [0.3, 0.4) is 0 Å². The second kappa shape index (κ2) is 9.75. The smallest absolute Gasteiger partial charge is 0.406 e. The molecule has 2 aliphatic heterocycles. The molecular weight excluding hydrogens is 439 g/mol. The van der Waals surface area contributed by atoms with Crippen LogP contribution in [0.15, 0.2) is 48.7 Å². The van der Waals surface area contributed by atoms with Gasteiger partial charge in [-0.3, -0.25) is 14.6 Å². The zero-order chi connectivity index (χ0) is 23.4. The van der Waals surface area contributed by atoms with Crippen molar-refractivity contribution in [3.8, 4) is 5.75 Å². The normalized spacial score (nSPS) is 23.2. The van der Waals surface area contributed by atoms with Crippen LogP contribution in [-0.2, 0) is 9.59 Å². The van der Waals surface area contributed by atoms with Crippen LogP contribution in [-0.4, -0.2) is 47.2 Å². The number of hydrogen-bond acceptors (Lipinski definition) is 6. The van der Waals surface area contributed by atoms with Crippen LogP contribution < -0.4 is 20.9 Å². The van der Waals surface area contributed by atoms with Crippen LogP contribution in [0.25, 0.3) is 0 Å². The molecule has 8 nitrogen and oxygen atoms in total. The Bertz CT molecular complexity index is 971. The van der Waals surface area contributed by atoms with Crippen molar-refractivity contribution in [2.75, 3.05) is 18.4 Å². The minimum absolute atomic E-state index is 0.0756. The maximum atomic E-state index is 13.0. The summed E-state index contributed by atoms with van der Waals surface area (Å²) in [5.74, 6) is -1.13. The van der Waals surface area contributed by atoms with Gasteiger partial charge in [-0.05, 0) is 55.7 Å². The molecule has 3 atom stereocenters. The van der Waals surface area contributed by atoms with E-state index >= 15 is 0 Å². The monoisotopic (exact) mass is 463 g/mol. The topological polar surface area (TPSA) is 95.6 Å². The summed E-state index contributed by atoms with van der Waals surface area (Å²) in [5.41, 5.74) is 7.35. The molecule has 3 unspecified atom stereocenters. The Hall–Kier alpha value is -3.18. The lowest BCUT2D eigenvalue weighted by Crippen LogP contribution is -2.50. The molecule has 2 fully saturated rings. The van der Waals surface area contributed by atoms with E-state index in [1.165, 1.54) is 12.1 Å². The van der Waals surface area contributed by atoms with Crippen molar-refractivity contribution in [3.05, 3.63) is 54.4 Å². The number of likely N-dealkylation sites (tertiary alicyclic amines) is 1. The first-order chi connectivity index (χ1) is 15.8. The van der Waals surface area contributed by atoms with Crippen molar-refractivity contribution in [1.29, 1.82) is 0 Å². The number of pyridine rings is 1. The Kier molecular flexibility index (Phi) is 6.80. The highest BCUT2D eigenvalue weighted by molar-refractivity contribution is 5.93. The molecule has 0 bridgehead atoms. The SMILES string of the molecule is O=C(Nc1ccc(OC(F)(F)F)cc1)C1CCCN(C(=O)C2CC(c3ccccn3)NN2)C1. The quantitative estimate of drug-likeness (QED) is 0.631. The van der Waals surface area contributed by atoms with E-state index in [9.17, 15) is 22.8 Å². The number of hydrogen-bond donors (Lipinski definition) is 3. The average molecular weight is 463 g/mol. The second-order valence-electron chi connectivity index (χ2n) is 8.07. The third kappa shape index (κ3) is 5.99. The van der Waals surface area contributed by atoms with Crippen LogP contribution in [0.2, 0.25) is 0 Å². The highest BCUT2D eigenvalue weighted by Gasteiger charge is 2.36. The largest absolute Gasteiger partial charge is 0.573 e. The van der Waals surface area contributed by atoms with E-state index in [2.05, 4.69) is 25.9 Å². The number of ether oxygens (including phenoxy) is 1. The summed E-state index contributed by atoms with van der Waals surface area (Å²) < 4.78 is 40.7. The van der Waals surface area contributed by atoms with Gasteiger partial charge in [0, 0.05) is 25.0 Å². The molecule has 0 spiro atoms. The van der Waals surface area contributed by atoms with Gasteiger partial charge in [0.1, 0.15) is 11.8 Å². The summed E-state index contributed by atoms with van der Waals surface area (Å²) >= 11 is 0. The van der Waals surface area contributed by atoms with Crippen molar-refractivity contribution >= 4 is 17.5 Å². The summed E-state index contributed by atoms with van der Waals surface area (Å²) in [4.78, 5) is 31.7. The number of benzene rings is 1. The number of alkyl halides is 3. The number of aromatic nitrogens is 1. The molecule has 2 aliphatic rings. The van der Waals surface area contributed by atoms with Crippen molar-refractivity contribution in [1.82, 2.24) is 20.7 Å². The van der Waals surface area contributed by atoms with Gasteiger partial charge in [-0.1, -0.05) is 6.07 Å². The molecule has 2 aromatic rings. The average Bonchev–Trinajstić information content (AvgIpc) is 3.30. The van der Waals surface area contributed by atoms with E-state index in [1.807, 2.05) is 18.2 Å². The maximum Gasteiger partial charge on any atom is 0.573 e. The molecule has 0 saturated carbocycles. The van der Waals surface area contributed by atoms with Crippen molar-refractivity contribution in [2.24, 2.45) is 5.92 Å². The molecule has 2 saturated heterocycles. The van der Waals surface area contributed by atoms with Crippen LogP contribution in [0, 0.1) is 5.92 Å². The zero-order valence-corrected chi connectivity index (χ0v) is 17.6. The molecule has 3 heterocycles. The summed E-state index contributed by atoms with van der Waals surface area (Å²) in [6, 6.07) is 10.1. The minimum atomic E-state index is -4.77. The molecule has 1 aromatic heterocycles. The van der Waals surface area contributed by atoms with Crippen LogP contribution in [0.1, 0.15) is 31.0 Å². The van der Waals surface area contributed by atoms with E-state index < -0.39 is 18.3 Å². The fourth-order valence-electron chi connectivity index (χ4n) is 4.09. The molecule has 0 aliphatic carbocycles. The highest BCUT2D eigenvalue weighted by atomic mass is 19.4. The van der Waals surface area contributed by atoms with Gasteiger partial charge in [0.05, 0.1) is 17.7 Å². The minimum Gasteiger partial charge on any atom is -0.406 e. The van der Waals surface area contributed by atoms with Crippen LogP contribution in [0.5, 0.6) is 5.75 Å². The number of nitrogens with zero attached hydrogens (tertiary/aromatic N) is 2. The number of hydrazine groups is 1. The zero-order valence-electron chi connectivity index (χ0n) is 17.6. The van der Waals surface area contributed by atoms with Crippen LogP contribution in [0.4, 0.5) is 18.9 Å². The third-order valence-electron chi connectivity index (χ3n) is 5.71. The molecule has 4 rings (SSSR count). The lowest BCUT2D eigenvalue weighted by Gasteiger charge is -2.33. The van der Waals surface area contributed by atoms with Gasteiger partial charge >= 0.3 is 6.36 Å². The Labute approximate surface area is 188 Å². The summed E-state index contributed by atoms with van der Waals surface area (Å²) in [5, 5.41) is 2.71. The third-order valence-corrected chi connectivity index (χ3v) is 5.71. The van der Waals surface area contributed by atoms with Gasteiger partial charge in [0.25, 0.3) is 0 Å². The first-order valence-corrected chi connectivity index (χ1v) is 10.7. The molecular formula is C22H24F3N5O3. The Morgan fingerprint density at radius 1 is 1.12 bits per heavy atom. The van der Waals surface area contributed by atoms with Gasteiger partial charge in [0.2, 0.25) is 11.8 Å². The summed E-state index contributed by atoms with van der Waals surface area (Å²) in [6.07, 6.45) is -1.21. The van der Waals surface area contributed by atoms with Gasteiger partial charge in [-0.2, -0.15) is 0 Å². The van der Waals surface area contributed by atoms with E-state index in [-0.39, 0.29) is 30.2 Å². The molecule has 2 amide bonds. The molecule has 1 aromatic carbocycles. The lowest BCUT2D eigenvalue weighted by atomic mass is 9.96. The van der Waals surface area contributed by atoms with Crippen molar-refractivity contribution < 1.29 is 27.5 Å². The summed E-state index contributed by atoms with van der Waals surface area (Å²) in [6.45, 7) is 0.852. The first kappa shape index (κ1) is 23.0. The van der Waals surface area contributed by atoms with Crippen molar-refractivity contribution in [3.63, 3.8) is 0 Å². The number of carbonyl (C=O) groups excluding carboxylic acids is 2. The summed E-state index contributed by atoms with van der Waals surface area (Å²) in [7, 11) is 0.